The number of rotatable bonds is 5. The maximum Gasteiger partial charge on any atom is 0.0706 e. The maximum absolute atomic E-state index is 5.91. The first-order chi connectivity index (χ1) is 9.20. The van der Waals surface area contributed by atoms with Crippen molar-refractivity contribution in [3.05, 3.63) is 60.2 Å². The molecule has 0 amide bonds. The Hall–Kier alpha value is -1.80. The molecule has 0 atom stereocenters. The Kier molecular flexibility index (Phi) is 4.58. The van der Waals surface area contributed by atoms with Crippen LogP contribution in [0.3, 0.4) is 0 Å². The second kappa shape index (κ2) is 6.39. The number of hydrogen-bond acceptors (Lipinski definition) is 2. The lowest BCUT2D eigenvalue weighted by Crippen LogP contribution is -2.24. The number of hydrogen-bond donors (Lipinski definition) is 1. The molecule has 2 nitrogen and oxygen atoms in total. The molecule has 0 bridgehead atoms. The molecule has 0 aliphatic carbocycles. The zero-order valence-corrected chi connectivity index (χ0v) is 11.7. The third kappa shape index (κ3) is 3.58. The molecule has 0 spiro atoms. The molecular weight excluding hydrogens is 232 g/mol. The zero-order valence-electron chi connectivity index (χ0n) is 11.7. The van der Waals surface area contributed by atoms with E-state index >= 15 is 0 Å². The molecule has 19 heavy (non-hydrogen) atoms. The number of benzene rings is 2. The Labute approximate surface area is 115 Å². The fraction of sp³-hybridized carbons (Fsp3) is 0.294. The summed E-state index contributed by atoms with van der Waals surface area (Å²) in [6, 6.07) is 18.9. The fourth-order valence-corrected chi connectivity index (χ4v) is 2.29. The third-order valence-corrected chi connectivity index (χ3v) is 3.12. The Morgan fingerprint density at radius 1 is 0.947 bits per heavy atom. The minimum absolute atomic E-state index is 0.481. The van der Waals surface area contributed by atoms with Crippen molar-refractivity contribution in [2.75, 3.05) is 11.6 Å². The monoisotopic (exact) mass is 254 g/mol. The average molecular weight is 254 g/mol. The van der Waals surface area contributed by atoms with E-state index in [9.17, 15) is 0 Å². The summed E-state index contributed by atoms with van der Waals surface area (Å²) in [4.78, 5) is 2.13. The van der Waals surface area contributed by atoms with E-state index in [2.05, 4.69) is 55.1 Å². The summed E-state index contributed by atoms with van der Waals surface area (Å²) in [7, 11) is 0. The summed E-state index contributed by atoms with van der Waals surface area (Å²) in [6.45, 7) is 4.96. The van der Waals surface area contributed by atoms with Gasteiger partial charge in [-0.2, -0.15) is 0 Å². The molecular formula is C17H22N2. The second-order valence-electron chi connectivity index (χ2n) is 5.21. The van der Waals surface area contributed by atoms with Gasteiger partial charge < -0.3 is 10.6 Å². The normalized spacial score (nSPS) is 10.7. The predicted molar refractivity (Wildman–Crippen MR) is 82.6 cm³/mol. The van der Waals surface area contributed by atoms with E-state index in [0.717, 1.165) is 17.8 Å². The molecule has 0 radical (unpaired) electrons. The van der Waals surface area contributed by atoms with Gasteiger partial charge >= 0.3 is 0 Å². The molecule has 2 rings (SSSR count). The first kappa shape index (κ1) is 13.6. The van der Waals surface area contributed by atoms with Crippen molar-refractivity contribution in [1.82, 2.24) is 0 Å². The maximum atomic E-state index is 5.91. The minimum atomic E-state index is 0.481. The van der Waals surface area contributed by atoms with Crippen molar-refractivity contribution in [2.45, 2.75) is 20.3 Å². The van der Waals surface area contributed by atoms with Crippen LogP contribution in [0, 0.1) is 5.92 Å². The van der Waals surface area contributed by atoms with Gasteiger partial charge in [-0.25, -0.2) is 0 Å². The van der Waals surface area contributed by atoms with Gasteiger partial charge in [-0.1, -0.05) is 44.2 Å². The van der Waals surface area contributed by atoms with Crippen LogP contribution >= 0.6 is 0 Å². The summed E-state index contributed by atoms with van der Waals surface area (Å²) in [5, 5.41) is 0. The molecule has 2 aromatic rings. The van der Waals surface area contributed by atoms with Crippen LogP contribution < -0.4 is 10.6 Å². The molecule has 0 heterocycles. The summed E-state index contributed by atoms with van der Waals surface area (Å²) in [5.74, 6) is 0.665. The van der Waals surface area contributed by atoms with Crippen molar-refractivity contribution in [3.63, 3.8) is 0 Å². The van der Waals surface area contributed by atoms with E-state index in [4.69, 9.17) is 5.73 Å². The van der Waals surface area contributed by atoms with Crippen molar-refractivity contribution in [2.24, 2.45) is 11.7 Å². The molecule has 2 aromatic carbocycles. The summed E-state index contributed by atoms with van der Waals surface area (Å²) in [5.41, 5.74) is 9.57. The van der Waals surface area contributed by atoms with E-state index in [0.29, 0.717) is 12.6 Å². The standard InChI is InChI=1S/C17H22N2/c1-14(2)11-15-7-6-10-17(12-15)19(13-18)16-8-4-3-5-9-16/h3-10,12,14H,11,13,18H2,1-2H3. The number of nitrogens with zero attached hydrogens (tertiary/aromatic N) is 1. The molecule has 100 valence electrons. The first-order valence-corrected chi connectivity index (χ1v) is 6.82. The molecule has 2 N–H and O–H groups in total. The largest absolute Gasteiger partial charge is 0.328 e. The highest BCUT2D eigenvalue weighted by Crippen LogP contribution is 2.25. The van der Waals surface area contributed by atoms with Crippen molar-refractivity contribution >= 4 is 11.4 Å². The molecule has 0 unspecified atom stereocenters. The summed E-state index contributed by atoms with van der Waals surface area (Å²) < 4.78 is 0. The molecule has 0 aliphatic rings. The predicted octanol–water partition coefficient (Wildman–Crippen LogP) is 3.94. The number of para-hydroxylation sites is 1. The lowest BCUT2D eigenvalue weighted by molar-refractivity contribution is 0.647. The Morgan fingerprint density at radius 2 is 1.63 bits per heavy atom. The lowest BCUT2D eigenvalue weighted by Gasteiger charge is -2.23. The van der Waals surface area contributed by atoms with Crippen LogP contribution in [-0.4, -0.2) is 6.67 Å². The highest BCUT2D eigenvalue weighted by atomic mass is 15.2. The highest BCUT2D eigenvalue weighted by molar-refractivity contribution is 5.63. The van der Waals surface area contributed by atoms with Crippen LogP contribution in [0.2, 0.25) is 0 Å². The zero-order chi connectivity index (χ0) is 13.7. The summed E-state index contributed by atoms with van der Waals surface area (Å²) in [6.07, 6.45) is 1.10. The molecule has 0 aromatic heterocycles. The number of anilines is 2. The second-order valence-corrected chi connectivity index (χ2v) is 5.21. The van der Waals surface area contributed by atoms with Gasteiger partial charge in [-0.3, -0.25) is 0 Å². The van der Waals surface area contributed by atoms with Gasteiger partial charge in [0, 0.05) is 11.4 Å². The topological polar surface area (TPSA) is 29.3 Å². The SMILES string of the molecule is CC(C)Cc1cccc(N(CN)c2ccccc2)c1. The van der Waals surface area contributed by atoms with Gasteiger partial charge in [0.1, 0.15) is 0 Å². The molecule has 2 heteroatoms. The van der Waals surface area contributed by atoms with Crippen LogP contribution in [0.25, 0.3) is 0 Å². The van der Waals surface area contributed by atoms with Gasteiger partial charge in [0.2, 0.25) is 0 Å². The van der Waals surface area contributed by atoms with Crippen LogP contribution in [0.15, 0.2) is 54.6 Å². The van der Waals surface area contributed by atoms with E-state index in [1.54, 1.807) is 0 Å². The van der Waals surface area contributed by atoms with E-state index in [1.807, 2.05) is 18.2 Å². The smallest absolute Gasteiger partial charge is 0.0706 e. The van der Waals surface area contributed by atoms with Crippen LogP contribution in [0.4, 0.5) is 11.4 Å². The van der Waals surface area contributed by atoms with E-state index in [-0.39, 0.29) is 0 Å². The Morgan fingerprint density at radius 3 is 2.26 bits per heavy atom. The molecule has 0 aliphatic heterocycles. The quantitative estimate of drug-likeness (QED) is 0.819. The molecule has 0 saturated heterocycles. The Balaban J connectivity index is 2.28. The average Bonchev–Trinajstić information content (AvgIpc) is 2.40. The molecule has 0 fully saturated rings. The van der Waals surface area contributed by atoms with E-state index in [1.165, 1.54) is 5.56 Å². The van der Waals surface area contributed by atoms with Crippen molar-refractivity contribution in [1.29, 1.82) is 0 Å². The van der Waals surface area contributed by atoms with Crippen molar-refractivity contribution < 1.29 is 0 Å². The van der Waals surface area contributed by atoms with Crippen LogP contribution in [0.1, 0.15) is 19.4 Å². The van der Waals surface area contributed by atoms with Gasteiger partial charge in [0.15, 0.2) is 0 Å². The van der Waals surface area contributed by atoms with Gasteiger partial charge in [-0.15, -0.1) is 0 Å². The van der Waals surface area contributed by atoms with Crippen LogP contribution in [0.5, 0.6) is 0 Å². The van der Waals surface area contributed by atoms with Crippen LogP contribution in [-0.2, 0) is 6.42 Å². The van der Waals surface area contributed by atoms with E-state index < -0.39 is 0 Å². The van der Waals surface area contributed by atoms with Crippen molar-refractivity contribution in [3.8, 4) is 0 Å². The van der Waals surface area contributed by atoms with Gasteiger partial charge in [0.25, 0.3) is 0 Å². The first-order valence-electron chi connectivity index (χ1n) is 6.82. The van der Waals surface area contributed by atoms with Gasteiger partial charge in [-0.05, 0) is 42.2 Å². The number of nitrogens with two attached hydrogens (primary N) is 1. The van der Waals surface area contributed by atoms with Gasteiger partial charge in [0.05, 0.1) is 6.67 Å². The fourth-order valence-electron chi connectivity index (χ4n) is 2.29. The summed E-state index contributed by atoms with van der Waals surface area (Å²) >= 11 is 0. The molecule has 0 saturated carbocycles. The third-order valence-electron chi connectivity index (χ3n) is 3.12. The lowest BCUT2D eigenvalue weighted by atomic mass is 10.0. The minimum Gasteiger partial charge on any atom is -0.328 e. The highest BCUT2D eigenvalue weighted by Gasteiger charge is 2.07. The Bertz CT molecular complexity index is 506.